The highest BCUT2D eigenvalue weighted by Crippen LogP contribution is 2.38. The number of hydrogen-bond acceptors (Lipinski definition) is 1. The molecule has 1 aliphatic rings. The molecule has 0 aliphatic carbocycles. The molecule has 134 valence electrons. The largest absolute Gasteiger partial charge is 0.328 e. The van der Waals surface area contributed by atoms with Gasteiger partial charge in [-0.3, -0.25) is 4.79 Å². The molecule has 3 aromatic carbocycles. The number of carbonyl (C=O) groups is 1. The SMILES string of the molecule is O=C(/C=C/c1ccccc1)N1CCc2ccccc2[C@H]1c1ccccc1Cl. The Morgan fingerprint density at radius 3 is 2.33 bits per heavy atom. The van der Waals surface area contributed by atoms with Gasteiger partial charge in [0.15, 0.2) is 0 Å². The normalized spacial score (nSPS) is 16.3. The standard InChI is InChI=1S/C24H20ClNO/c25-22-13-7-6-12-21(22)24-20-11-5-4-10-19(20)16-17-26(24)23(27)15-14-18-8-2-1-3-9-18/h1-15,24H,16-17H2/b15-14+/t24-/m0/s1. The maximum Gasteiger partial charge on any atom is 0.247 e. The molecular weight excluding hydrogens is 354 g/mol. The number of rotatable bonds is 3. The molecule has 1 aliphatic heterocycles. The second kappa shape index (κ2) is 7.81. The van der Waals surface area contributed by atoms with Crippen LogP contribution in [0.25, 0.3) is 6.08 Å². The molecule has 0 aromatic heterocycles. The van der Waals surface area contributed by atoms with E-state index in [1.807, 2.05) is 71.6 Å². The van der Waals surface area contributed by atoms with Crippen LogP contribution in [0, 0.1) is 0 Å². The van der Waals surface area contributed by atoms with E-state index in [2.05, 4.69) is 18.2 Å². The number of halogens is 1. The van der Waals surface area contributed by atoms with Gasteiger partial charge in [-0.15, -0.1) is 0 Å². The van der Waals surface area contributed by atoms with Crippen molar-refractivity contribution in [2.45, 2.75) is 12.5 Å². The smallest absolute Gasteiger partial charge is 0.247 e. The number of amides is 1. The molecule has 3 aromatic rings. The predicted molar refractivity (Wildman–Crippen MR) is 111 cm³/mol. The minimum absolute atomic E-state index is 0.00160. The zero-order valence-corrected chi connectivity index (χ0v) is 15.6. The maximum atomic E-state index is 13.1. The molecule has 1 heterocycles. The lowest BCUT2D eigenvalue weighted by atomic mass is 9.88. The van der Waals surface area contributed by atoms with E-state index in [1.165, 1.54) is 5.56 Å². The van der Waals surface area contributed by atoms with Gasteiger partial charge in [0, 0.05) is 17.6 Å². The number of fused-ring (bicyclic) bond motifs is 1. The fraction of sp³-hybridized carbons (Fsp3) is 0.125. The average Bonchev–Trinajstić information content (AvgIpc) is 2.72. The van der Waals surface area contributed by atoms with Crippen LogP contribution in [0.4, 0.5) is 0 Å². The molecule has 1 amide bonds. The van der Waals surface area contributed by atoms with Gasteiger partial charge < -0.3 is 4.90 Å². The first kappa shape index (κ1) is 17.6. The van der Waals surface area contributed by atoms with Crippen LogP contribution in [0.2, 0.25) is 5.02 Å². The summed E-state index contributed by atoms with van der Waals surface area (Å²) in [6, 6.07) is 25.8. The first-order valence-electron chi connectivity index (χ1n) is 9.10. The Labute approximate surface area is 164 Å². The van der Waals surface area contributed by atoms with Gasteiger partial charge in [0.2, 0.25) is 5.91 Å². The number of nitrogens with zero attached hydrogens (tertiary/aromatic N) is 1. The molecule has 27 heavy (non-hydrogen) atoms. The van der Waals surface area contributed by atoms with Crippen molar-refractivity contribution >= 4 is 23.6 Å². The minimum Gasteiger partial charge on any atom is -0.328 e. The molecule has 0 bridgehead atoms. The predicted octanol–water partition coefficient (Wildman–Crippen LogP) is 5.53. The van der Waals surface area contributed by atoms with E-state index in [-0.39, 0.29) is 11.9 Å². The first-order chi connectivity index (χ1) is 13.2. The third-order valence-electron chi connectivity index (χ3n) is 4.98. The van der Waals surface area contributed by atoms with E-state index < -0.39 is 0 Å². The zero-order chi connectivity index (χ0) is 18.6. The summed E-state index contributed by atoms with van der Waals surface area (Å²) in [7, 11) is 0. The second-order valence-corrected chi connectivity index (χ2v) is 7.06. The Morgan fingerprint density at radius 1 is 0.889 bits per heavy atom. The molecule has 3 heteroatoms. The van der Waals surface area contributed by atoms with Crippen LogP contribution in [0.15, 0.2) is 84.9 Å². The number of carbonyl (C=O) groups excluding carboxylic acids is 1. The molecule has 2 nitrogen and oxygen atoms in total. The van der Waals surface area contributed by atoms with Gasteiger partial charge in [0.25, 0.3) is 0 Å². The van der Waals surface area contributed by atoms with Gasteiger partial charge in [0.05, 0.1) is 6.04 Å². The summed E-state index contributed by atoms with van der Waals surface area (Å²) in [4.78, 5) is 15.0. The lowest BCUT2D eigenvalue weighted by Gasteiger charge is -2.37. The highest BCUT2D eigenvalue weighted by atomic mass is 35.5. The molecule has 0 radical (unpaired) electrons. The molecule has 0 saturated carbocycles. The van der Waals surface area contributed by atoms with Crippen LogP contribution in [-0.4, -0.2) is 17.4 Å². The highest BCUT2D eigenvalue weighted by molar-refractivity contribution is 6.31. The van der Waals surface area contributed by atoms with Crippen LogP contribution in [0.5, 0.6) is 0 Å². The average molecular weight is 374 g/mol. The monoisotopic (exact) mass is 373 g/mol. The van der Waals surface area contributed by atoms with Crippen molar-refractivity contribution in [3.8, 4) is 0 Å². The number of benzene rings is 3. The zero-order valence-electron chi connectivity index (χ0n) is 14.9. The molecular formula is C24H20ClNO. The molecule has 4 rings (SSSR count). The molecule has 0 unspecified atom stereocenters. The third-order valence-corrected chi connectivity index (χ3v) is 5.33. The summed E-state index contributed by atoms with van der Waals surface area (Å²) >= 11 is 6.51. The second-order valence-electron chi connectivity index (χ2n) is 6.65. The lowest BCUT2D eigenvalue weighted by molar-refractivity contribution is -0.127. The first-order valence-corrected chi connectivity index (χ1v) is 9.48. The summed E-state index contributed by atoms with van der Waals surface area (Å²) in [5, 5.41) is 0.684. The van der Waals surface area contributed by atoms with Crippen LogP contribution < -0.4 is 0 Å². The maximum absolute atomic E-state index is 13.1. The van der Waals surface area contributed by atoms with E-state index in [1.54, 1.807) is 6.08 Å². The van der Waals surface area contributed by atoms with Crippen LogP contribution in [-0.2, 0) is 11.2 Å². The summed E-state index contributed by atoms with van der Waals surface area (Å²) in [6.45, 7) is 0.671. The van der Waals surface area contributed by atoms with Crippen molar-refractivity contribution in [3.05, 3.63) is 112 Å². The Balaban J connectivity index is 1.72. The quantitative estimate of drug-likeness (QED) is 0.553. The summed E-state index contributed by atoms with van der Waals surface area (Å²) in [5.41, 5.74) is 4.40. The van der Waals surface area contributed by atoms with E-state index in [4.69, 9.17) is 11.6 Å². The van der Waals surface area contributed by atoms with E-state index in [9.17, 15) is 4.79 Å². The van der Waals surface area contributed by atoms with Gasteiger partial charge in [-0.1, -0.05) is 84.4 Å². The Kier molecular flexibility index (Phi) is 5.08. The molecule has 0 N–H and O–H groups in total. The van der Waals surface area contributed by atoms with E-state index in [0.29, 0.717) is 11.6 Å². The Morgan fingerprint density at radius 2 is 1.56 bits per heavy atom. The van der Waals surface area contributed by atoms with Gasteiger partial charge >= 0.3 is 0 Å². The highest BCUT2D eigenvalue weighted by Gasteiger charge is 2.31. The summed E-state index contributed by atoms with van der Waals surface area (Å²) in [5.74, 6) is -0.00160. The van der Waals surface area contributed by atoms with Crippen molar-refractivity contribution in [2.24, 2.45) is 0 Å². The van der Waals surface area contributed by atoms with Crippen molar-refractivity contribution < 1.29 is 4.79 Å². The van der Waals surface area contributed by atoms with Crippen LogP contribution in [0.3, 0.4) is 0 Å². The third kappa shape index (κ3) is 3.67. The Hall–Kier alpha value is -2.84. The Bertz CT molecular complexity index is 980. The fourth-order valence-electron chi connectivity index (χ4n) is 3.66. The van der Waals surface area contributed by atoms with Crippen molar-refractivity contribution in [1.82, 2.24) is 4.90 Å². The minimum atomic E-state index is -0.170. The topological polar surface area (TPSA) is 20.3 Å². The fourth-order valence-corrected chi connectivity index (χ4v) is 3.90. The summed E-state index contributed by atoms with van der Waals surface area (Å²) < 4.78 is 0. The summed E-state index contributed by atoms with van der Waals surface area (Å²) in [6.07, 6.45) is 4.38. The van der Waals surface area contributed by atoms with Crippen LogP contribution in [0.1, 0.15) is 28.3 Å². The molecule has 1 atom stereocenters. The van der Waals surface area contributed by atoms with Crippen molar-refractivity contribution in [1.29, 1.82) is 0 Å². The molecule has 0 spiro atoms. The molecule has 0 fully saturated rings. The lowest BCUT2D eigenvalue weighted by Crippen LogP contribution is -2.39. The molecule has 0 saturated heterocycles. The van der Waals surface area contributed by atoms with Gasteiger partial charge in [-0.2, -0.15) is 0 Å². The van der Waals surface area contributed by atoms with Crippen molar-refractivity contribution in [2.75, 3.05) is 6.54 Å². The van der Waals surface area contributed by atoms with E-state index in [0.717, 1.165) is 23.1 Å². The van der Waals surface area contributed by atoms with Gasteiger partial charge in [-0.25, -0.2) is 0 Å². The van der Waals surface area contributed by atoms with Crippen LogP contribution >= 0.6 is 11.6 Å². The van der Waals surface area contributed by atoms with Gasteiger partial charge in [0.1, 0.15) is 0 Å². The van der Waals surface area contributed by atoms with Gasteiger partial charge in [-0.05, 0) is 40.8 Å². The van der Waals surface area contributed by atoms with E-state index >= 15 is 0 Å². The van der Waals surface area contributed by atoms with Crippen molar-refractivity contribution in [3.63, 3.8) is 0 Å². The number of hydrogen-bond donors (Lipinski definition) is 0.